The fraction of sp³-hybridized carbons (Fsp3) is 0.250. The van der Waals surface area contributed by atoms with Crippen LogP contribution in [0, 0.1) is 6.92 Å². The fourth-order valence-electron chi connectivity index (χ4n) is 3.10. The molecule has 0 unspecified atom stereocenters. The summed E-state index contributed by atoms with van der Waals surface area (Å²) in [6.07, 6.45) is 1.60. The van der Waals surface area contributed by atoms with E-state index in [0.717, 1.165) is 11.3 Å². The second-order valence-corrected chi connectivity index (χ2v) is 7.76. The van der Waals surface area contributed by atoms with Crippen LogP contribution in [-0.4, -0.2) is 19.3 Å². The number of hydrogen-bond acceptors (Lipinski definition) is 5. The Kier molecular flexibility index (Phi) is 5.28. The molecule has 0 aliphatic heterocycles. The molecule has 0 saturated heterocycles. The fourth-order valence-corrected chi connectivity index (χ4v) is 4.25. The molecule has 6 nitrogen and oxygen atoms in total. The number of halogens is 1. The van der Waals surface area contributed by atoms with Gasteiger partial charge in [-0.1, -0.05) is 35.5 Å². The average Bonchev–Trinajstić information content (AvgIpc) is 3.30. The molecule has 0 saturated carbocycles. The summed E-state index contributed by atoms with van der Waals surface area (Å²) in [6, 6.07) is 11.3. The number of nitrogens with zero attached hydrogens (tertiary/aromatic N) is 4. The van der Waals surface area contributed by atoms with E-state index in [0.29, 0.717) is 45.8 Å². The molecule has 0 aliphatic rings. The molecule has 0 atom stereocenters. The van der Waals surface area contributed by atoms with Crippen molar-refractivity contribution in [1.29, 1.82) is 0 Å². The van der Waals surface area contributed by atoms with E-state index in [2.05, 4.69) is 5.10 Å². The minimum atomic E-state index is -0.113. The summed E-state index contributed by atoms with van der Waals surface area (Å²) < 4.78 is 8.83. The third kappa shape index (κ3) is 3.59. The zero-order valence-corrected chi connectivity index (χ0v) is 17.1. The number of aromatic nitrogens is 4. The van der Waals surface area contributed by atoms with Gasteiger partial charge in [-0.05, 0) is 43.7 Å². The van der Waals surface area contributed by atoms with Gasteiger partial charge in [-0.25, -0.2) is 4.98 Å². The van der Waals surface area contributed by atoms with Gasteiger partial charge < -0.3 is 4.42 Å². The van der Waals surface area contributed by atoms with E-state index in [1.165, 1.54) is 11.8 Å². The average molecular weight is 415 g/mol. The van der Waals surface area contributed by atoms with Gasteiger partial charge in [0, 0.05) is 17.3 Å². The van der Waals surface area contributed by atoms with E-state index in [4.69, 9.17) is 21.0 Å². The molecule has 3 aromatic heterocycles. The number of aryl methyl sites for hydroxylation is 2. The highest BCUT2D eigenvalue weighted by Crippen LogP contribution is 2.25. The molecule has 8 heteroatoms. The van der Waals surface area contributed by atoms with Crippen molar-refractivity contribution in [1.82, 2.24) is 19.3 Å². The molecule has 0 radical (unpaired) electrons. The highest BCUT2D eigenvalue weighted by Gasteiger charge is 2.19. The molecule has 0 aliphatic carbocycles. The number of thioether (sulfide) groups is 1. The SMILES string of the molecule is CCn1nc(C)c2nc(SCc3cccc(Cl)c3)n(Cc3ccco3)c(=O)c21. The lowest BCUT2D eigenvalue weighted by molar-refractivity contribution is 0.476. The van der Waals surface area contributed by atoms with Crippen molar-refractivity contribution in [3.63, 3.8) is 0 Å². The molecule has 1 aromatic carbocycles. The van der Waals surface area contributed by atoms with Crippen LogP contribution in [-0.2, 0) is 18.8 Å². The zero-order valence-electron chi connectivity index (χ0n) is 15.6. The van der Waals surface area contributed by atoms with E-state index in [1.807, 2.05) is 50.2 Å². The summed E-state index contributed by atoms with van der Waals surface area (Å²) in [6.45, 7) is 4.77. The van der Waals surface area contributed by atoms with Crippen molar-refractivity contribution in [2.45, 2.75) is 37.8 Å². The Morgan fingerprint density at radius 3 is 2.82 bits per heavy atom. The van der Waals surface area contributed by atoms with Gasteiger partial charge in [-0.15, -0.1) is 0 Å². The second-order valence-electron chi connectivity index (χ2n) is 6.38. The maximum Gasteiger partial charge on any atom is 0.280 e. The first-order valence-corrected chi connectivity index (χ1v) is 10.3. The minimum Gasteiger partial charge on any atom is -0.467 e. The third-order valence-corrected chi connectivity index (χ3v) is 5.72. The van der Waals surface area contributed by atoms with Crippen LogP contribution in [0.2, 0.25) is 5.02 Å². The van der Waals surface area contributed by atoms with Crippen LogP contribution < -0.4 is 5.56 Å². The first kappa shape index (κ1) is 18.8. The lowest BCUT2D eigenvalue weighted by Crippen LogP contribution is -2.25. The van der Waals surface area contributed by atoms with Crippen molar-refractivity contribution >= 4 is 34.4 Å². The van der Waals surface area contributed by atoms with Gasteiger partial charge in [0.1, 0.15) is 11.3 Å². The number of fused-ring (bicyclic) bond motifs is 1. The normalized spacial score (nSPS) is 11.4. The van der Waals surface area contributed by atoms with Crippen LogP contribution in [0.3, 0.4) is 0 Å². The molecule has 0 bridgehead atoms. The summed E-state index contributed by atoms with van der Waals surface area (Å²) in [5, 5.41) is 5.79. The highest BCUT2D eigenvalue weighted by molar-refractivity contribution is 7.98. The monoisotopic (exact) mass is 414 g/mol. The quantitative estimate of drug-likeness (QED) is 0.343. The maximum absolute atomic E-state index is 13.3. The van der Waals surface area contributed by atoms with Crippen LogP contribution in [0.5, 0.6) is 0 Å². The molecule has 4 rings (SSSR count). The highest BCUT2D eigenvalue weighted by atomic mass is 35.5. The van der Waals surface area contributed by atoms with Crippen LogP contribution >= 0.6 is 23.4 Å². The van der Waals surface area contributed by atoms with Crippen molar-refractivity contribution in [2.75, 3.05) is 0 Å². The smallest absolute Gasteiger partial charge is 0.280 e. The Hall–Kier alpha value is -2.51. The van der Waals surface area contributed by atoms with Crippen molar-refractivity contribution in [3.05, 3.63) is 75.1 Å². The molecule has 0 N–H and O–H groups in total. The van der Waals surface area contributed by atoms with Crippen LogP contribution in [0.4, 0.5) is 0 Å². The van der Waals surface area contributed by atoms with Gasteiger partial charge in [0.05, 0.1) is 18.5 Å². The summed E-state index contributed by atoms with van der Waals surface area (Å²) in [5.74, 6) is 1.35. The summed E-state index contributed by atoms with van der Waals surface area (Å²) in [5.41, 5.74) is 2.88. The van der Waals surface area contributed by atoms with Gasteiger partial charge >= 0.3 is 0 Å². The summed E-state index contributed by atoms with van der Waals surface area (Å²) >= 11 is 7.59. The Labute approximate surface area is 171 Å². The van der Waals surface area contributed by atoms with Gasteiger partial charge in [0.15, 0.2) is 10.7 Å². The molecule has 28 heavy (non-hydrogen) atoms. The predicted octanol–water partition coefficient (Wildman–Crippen LogP) is 4.51. The molecule has 4 aromatic rings. The zero-order chi connectivity index (χ0) is 19.7. The third-order valence-electron chi connectivity index (χ3n) is 4.43. The van der Waals surface area contributed by atoms with E-state index in [-0.39, 0.29) is 5.56 Å². The first-order valence-electron chi connectivity index (χ1n) is 8.94. The van der Waals surface area contributed by atoms with Crippen LogP contribution in [0.15, 0.2) is 57.0 Å². The number of benzene rings is 1. The summed E-state index contributed by atoms with van der Waals surface area (Å²) in [7, 11) is 0. The molecule has 0 fully saturated rings. The standard InChI is InChI=1S/C20H19ClN4O2S/c1-3-25-18-17(13(2)23-25)22-20(28-12-14-6-4-7-15(21)10-14)24(19(18)26)11-16-8-5-9-27-16/h4-10H,3,11-12H2,1-2H3. The number of hydrogen-bond donors (Lipinski definition) is 0. The van der Waals surface area contributed by atoms with Crippen molar-refractivity contribution in [2.24, 2.45) is 0 Å². The van der Waals surface area contributed by atoms with Crippen LogP contribution in [0.1, 0.15) is 23.9 Å². The molecule has 0 spiro atoms. The number of rotatable bonds is 6. The summed E-state index contributed by atoms with van der Waals surface area (Å²) in [4.78, 5) is 18.1. The molecule has 3 heterocycles. The first-order chi connectivity index (χ1) is 13.6. The van der Waals surface area contributed by atoms with Gasteiger partial charge in [-0.3, -0.25) is 14.0 Å². The van der Waals surface area contributed by atoms with Gasteiger partial charge in [0.25, 0.3) is 5.56 Å². The Balaban J connectivity index is 1.80. The lowest BCUT2D eigenvalue weighted by atomic mass is 10.2. The topological polar surface area (TPSA) is 65.8 Å². The molecule has 144 valence electrons. The Morgan fingerprint density at radius 1 is 1.25 bits per heavy atom. The van der Waals surface area contributed by atoms with E-state index >= 15 is 0 Å². The van der Waals surface area contributed by atoms with E-state index in [1.54, 1.807) is 15.5 Å². The van der Waals surface area contributed by atoms with Crippen molar-refractivity contribution < 1.29 is 4.42 Å². The molecule has 0 amide bonds. The largest absolute Gasteiger partial charge is 0.467 e. The minimum absolute atomic E-state index is 0.113. The van der Waals surface area contributed by atoms with Gasteiger partial charge in [-0.2, -0.15) is 5.10 Å². The van der Waals surface area contributed by atoms with Crippen molar-refractivity contribution in [3.8, 4) is 0 Å². The maximum atomic E-state index is 13.3. The number of furan rings is 1. The Morgan fingerprint density at radius 2 is 2.11 bits per heavy atom. The Bertz CT molecular complexity index is 1180. The molecular formula is C20H19ClN4O2S. The van der Waals surface area contributed by atoms with E-state index in [9.17, 15) is 4.79 Å². The second kappa shape index (κ2) is 7.85. The lowest BCUT2D eigenvalue weighted by Gasteiger charge is -2.12. The predicted molar refractivity (Wildman–Crippen MR) is 111 cm³/mol. The van der Waals surface area contributed by atoms with Crippen LogP contribution in [0.25, 0.3) is 11.0 Å². The van der Waals surface area contributed by atoms with Gasteiger partial charge in [0.2, 0.25) is 0 Å². The molecular weight excluding hydrogens is 396 g/mol. The van der Waals surface area contributed by atoms with E-state index < -0.39 is 0 Å².